The lowest BCUT2D eigenvalue weighted by atomic mass is 10.0. The third-order valence-electron chi connectivity index (χ3n) is 7.62. The molecule has 0 heterocycles. The molecule has 2 rings (SSSR count). The summed E-state index contributed by atoms with van der Waals surface area (Å²) in [5, 5.41) is 47.7. The van der Waals surface area contributed by atoms with Crippen LogP contribution >= 0.6 is 0 Å². The highest BCUT2D eigenvalue weighted by atomic mass is 28.4. The van der Waals surface area contributed by atoms with Gasteiger partial charge >= 0.3 is 17.6 Å². The summed E-state index contributed by atoms with van der Waals surface area (Å²) in [5.41, 5.74) is 2.78. The predicted molar refractivity (Wildman–Crippen MR) is 182 cm³/mol. The quantitative estimate of drug-likeness (QED) is 0.0479. The van der Waals surface area contributed by atoms with Gasteiger partial charge in [-0.3, -0.25) is 0 Å². The van der Waals surface area contributed by atoms with Gasteiger partial charge in [0, 0.05) is 81.1 Å². The number of anilines is 2. The minimum atomic E-state index is -2.65. The van der Waals surface area contributed by atoms with Gasteiger partial charge in [0.25, 0.3) is 0 Å². The van der Waals surface area contributed by atoms with Crippen LogP contribution in [0.2, 0.25) is 12.1 Å². The van der Waals surface area contributed by atoms with E-state index in [2.05, 4.69) is 10.6 Å². The lowest BCUT2D eigenvalue weighted by molar-refractivity contribution is 0.0411. The first-order chi connectivity index (χ1) is 22.6. The third kappa shape index (κ3) is 14.0. The Balaban J connectivity index is 1.80. The average Bonchev–Trinajstić information content (AvgIpc) is 3.09. The summed E-state index contributed by atoms with van der Waals surface area (Å²) in [6, 6.07) is 11.6. The van der Waals surface area contributed by atoms with Gasteiger partial charge in [0.15, 0.2) is 0 Å². The molecule has 0 aliphatic carbocycles. The summed E-state index contributed by atoms with van der Waals surface area (Å²) in [4.78, 5) is 0. The van der Waals surface area contributed by atoms with Crippen molar-refractivity contribution < 1.29 is 56.5 Å². The molecule has 0 fully saturated rings. The molecule has 2 unspecified atom stereocenters. The van der Waals surface area contributed by atoms with Crippen LogP contribution < -0.4 is 10.6 Å². The summed E-state index contributed by atoms with van der Waals surface area (Å²) in [6.07, 6.45) is 0.267. The number of rotatable bonds is 26. The number of benzene rings is 2. The number of aliphatic hydroxyl groups is 2. The van der Waals surface area contributed by atoms with Crippen LogP contribution in [-0.2, 0) is 42.5 Å². The van der Waals surface area contributed by atoms with Crippen LogP contribution in [0.5, 0.6) is 11.5 Å². The number of phenols is 2. The Morgan fingerprint density at radius 3 is 1.30 bits per heavy atom. The van der Waals surface area contributed by atoms with Crippen molar-refractivity contribution in [2.75, 3.05) is 92.8 Å². The van der Waals surface area contributed by atoms with Crippen molar-refractivity contribution in [2.24, 2.45) is 0 Å². The van der Waals surface area contributed by atoms with E-state index >= 15 is 0 Å². The van der Waals surface area contributed by atoms with Crippen molar-refractivity contribution in [1.29, 1.82) is 0 Å². The van der Waals surface area contributed by atoms with Crippen LogP contribution in [0.3, 0.4) is 0 Å². The fourth-order valence-electron chi connectivity index (χ4n) is 4.81. The molecule has 0 aliphatic heterocycles. The SMILES string of the molecule is CO[Si](CCCOCC(O)CNc1cc(Cc2ccc(O)c(NCC(O)COCCC[Si](OC)(OC)OC)c2)ccc1O)(OC)OC. The van der Waals surface area contributed by atoms with E-state index in [0.29, 0.717) is 55.9 Å². The molecule has 0 spiro atoms. The predicted octanol–water partition coefficient (Wildman–Crippen LogP) is 2.80. The second-order valence-electron chi connectivity index (χ2n) is 10.9. The Kier molecular flexibility index (Phi) is 18.8. The number of aliphatic hydroxyl groups excluding tert-OH is 2. The summed E-state index contributed by atoms with van der Waals surface area (Å²) >= 11 is 0. The molecule has 0 saturated heterocycles. The zero-order valence-electron chi connectivity index (χ0n) is 28.5. The summed E-state index contributed by atoms with van der Waals surface area (Å²) in [6.45, 7) is 1.44. The molecule has 2 aromatic carbocycles. The molecule has 0 amide bonds. The Morgan fingerprint density at radius 1 is 0.596 bits per heavy atom. The largest absolute Gasteiger partial charge is 0.506 e. The molecule has 268 valence electrons. The van der Waals surface area contributed by atoms with Crippen molar-refractivity contribution in [3.8, 4) is 11.5 Å². The van der Waals surface area contributed by atoms with E-state index in [1.54, 1.807) is 54.8 Å². The Bertz CT molecular complexity index is 1050. The zero-order chi connectivity index (χ0) is 34.7. The second-order valence-corrected chi connectivity index (χ2v) is 17.1. The molecule has 0 aromatic heterocycles. The monoisotopic (exact) mass is 702 g/mol. The highest BCUT2D eigenvalue weighted by Crippen LogP contribution is 2.28. The van der Waals surface area contributed by atoms with Gasteiger partial charge in [-0.05, 0) is 54.7 Å². The Labute approximate surface area is 280 Å². The van der Waals surface area contributed by atoms with Gasteiger partial charge in [0.2, 0.25) is 0 Å². The second kappa shape index (κ2) is 21.6. The third-order valence-corrected chi connectivity index (χ3v) is 13.3. The number of ether oxygens (including phenoxy) is 2. The van der Waals surface area contributed by atoms with Crippen LogP contribution in [0.15, 0.2) is 36.4 Å². The fraction of sp³-hybridized carbons (Fsp3) is 0.613. The summed E-state index contributed by atoms with van der Waals surface area (Å²) < 4.78 is 43.6. The lowest BCUT2D eigenvalue weighted by Crippen LogP contribution is -2.42. The topological polar surface area (TPSA) is 179 Å². The fourth-order valence-corrected chi connectivity index (χ4v) is 8.19. The average molecular weight is 703 g/mol. The molecular formula is C31H54N2O12Si2. The van der Waals surface area contributed by atoms with Crippen LogP contribution in [0, 0.1) is 0 Å². The molecule has 16 heteroatoms. The van der Waals surface area contributed by atoms with Gasteiger partial charge in [-0.2, -0.15) is 0 Å². The maximum Gasteiger partial charge on any atom is 0.500 e. The summed E-state index contributed by atoms with van der Waals surface area (Å²) in [5.74, 6) is 0.118. The molecule has 2 aromatic rings. The number of hydrogen-bond donors (Lipinski definition) is 6. The van der Waals surface area contributed by atoms with Crippen LogP contribution in [-0.4, -0.2) is 132 Å². The minimum absolute atomic E-state index is 0.0589. The molecule has 0 bridgehead atoms. The first-order valence-corrected chi connectivity index (χ1v) is 19.4. The highest BCUT2D eigenvalue weighted by Gasteiger charge is 2.37. The van der Waals surface area contributed by atoms with Gasteiger partial charge in [0.1, 0.15) is 11.5 Å². The molecule has 0 radical (unpaired) electrons. The van der Waals surface area contributed by atoms with Gasteiger partial charge in [-0.15, -0.1) is 0 Å². The molecule has 14 nitrogen and oxygen atoms in total. The van der Waals surface area contributed by atoms with Crippen LogP contribution in [0.4, 0.5) is 11.4 Å². The first kappa shape index (κ1) is 40.8. The van der Waals surface area contributed by atoms with Crippen LogP contribution in [0.1, 0.15) is 24.0 Å². The first-order valence-electron chi connectivity index (χ1n) is 15.5. The smallest absolute Gasteiger partial charge is 0.500 e. The Hall–Kier alpha value is -2.33. The molecule has 47 heavy (non-hydrogen) atoms. The van der Waals surface area contributed by atoms with Crippen molar-refractivity contribution in [2.45, 2.75) is 43.6 Å². The zero-order valence-corrected chi connectivity index (χ0v) is 30.5. The van der Waals surface area contributed by atoms with Crippen molar-refractivity contribution in [3.05, 3.63) is 47.5 Å². The van der Waals surface area contributed by atoms with E-state index in [1.165, 1.54) is 0 Å². The van der Waals surface area contributed by atoms with Gasteiger partial charge in [-0.1, -0.05) is 12.1 Å². The van der Waals surface area contributed by atoms with Gasteiger partial charge < -0.3 is 67.1 Å². The Morgan fingerprint density at radius 2 is 0.957 bits per heavy atom. The minimum Gasteiger partial charge on any atom is -0.506 e. The lowest BCUT2D eigenvalue weighted by Gasteiger charge is -2.24. The van der Waals surface area contributed by atoms with Gasteiger partial charge in [0.05, 0.1) is 36.8 Å². The summed E-state index contributed by atoms with van der Waals surface area (Å²) in [7, 11) is 4.10. The molecule has 6 N–H and O–H groups in total. The standard InChI is InChI=1S/C31H54N2O12Si2/c1-38-46(39-2,40-3)15-7-13-44-22-26(34)20-32-28-18-24(9-11-30(28)36)17-25-10-12-31(37)29(19-25)33-21-27(35)23-45-14-8-16-47(41-4,42-5)43-6/h9-12,18-19,26-27,32-37H,7-8,13-17,20-23H2,1-6H3. The van der Waals surface area contributed by atoms with E-state index in [9.17, 15) is 20.4 Å². The molecular weight excluding hydrogens is 649 g/mol. The number of aromatic hydroxyl groups is 2. The van der Waals surface area contributed by atoms with Gasteiger partial charge in [-0.25, -0.2) is 0 Å². The van der Waals surface area contributed by atoms with Crippen LogP contribution in [0.25, 0.3) is 0 Å². The van der Waals surface area contributed by atoms with E-state index in [1.807, 2.05) is 24.3 Å². The molecule has 2 atom stereocenters. The van der Waals surface area contributed by atoms with E-state index in [-0.39, 0.29) is 37.8 Å². The normalized spacial score (nSPS) is 13.4. The van der Waals surface area contributed by atoms with E-state index in [4.69, 9.17) is 36.0 Å². The maximum absolute atomic E-state index is 10.4. The maximum atomic E-state index is 10.4. The number of hydrogen-bond acceptors (Lipinski definition) is 14. The van der Waals surface area contributed by atoms with E-state index < -0.39 is 29.8 Å². The number of phenolic OH excluding ortho intramolecular Hbond substituents is 2. The van der Waals surface area contributed by atoms with Crippen molar-refractivity contribution >= 4 is 29.0 Å². The van der Waals surface area contributed by atoms with Crippen molar-refractivity contribution in [1.82, 2.24) is 0 Å². The van der Waals surface area contributed by atoms with E-state index in [0.717, 1.165) is 11.1 Å². The van der Waals surface area contributed by atoms with Crippen molar-refractivity contribution in [3.63, 3.8) is 0 Å². The highest BCUT2D eigenvalue weighted by molar-refractivity contribution is 6.60. The molecule has 0 saturated carbocycles. The number of nitrogens with one attached hydrogen (secondary N) is 2. The molecule has 0 aliphatic rings.